The number of halogens is 2. The molecule has 2 aromatic carbocycles. The summed E-state index contributed by atoms with van der Waals surface area (Å²) in [5.74, 6) is -1.60. The molecule has 4 heterocycles. The van der Waals surface area contributed by atoms with Crippen molar-refractivity contribution >= 4 is 17.0 Å². The van der Waals surface area contributed by atoms with Gasteiger partial charge in [0.05, 0.1) is 47.8 Å². The fourth-order valence-electron chi connectivity index (χ4n) is 4.95. The third kappa shape index (κ3) is 5.77. The Morgan fingerprint density at radius 1 is 1.16 bits per heavy atom. The van der Waals surface area contributed by atoms with Crippen LogP contribution in [-0.4, -0.2) is 50.4 Å². The lowest BCUT2D eigenvalue weighted by atomic mass is 10.0. The van der Waals surface area contributed by atoms with E-state index in [1.807, 2.05) is 6.07 Å². The van der Waals surface area contributed by atoms with Gasteiger partial charge in [0.15, 0.2) is 0 Å². The van der Waals surface area contributed by atoms with E-state index in [1.165, 1.54) is 25.4 Å². The summed E-state index contributed by atoms with van der Waals surface area (Å²) in [5.41, 5.74) is 2.13. The number of fused-ring (bicyclic) bond motifs is 1. The van der Waals surface area contributed by atoms with Gasteiger partial charge in [-0.25, -0.2) is 23.5 Å². The molecule has 222 valence electrons. The molecule has 3 aromatic heterocycles. The molecular weight excluding hydrogens is 572 g/mol. The third-order valence-corrected chi connectivity index (χ3v) is 7.35. The van der Waals surface area contributed by atoms with Crippen LogP contribution in [0, 0.1) is 23.0 Å². The number of pyridine rings is 2. The molecule has 1 aliphatic rings. The van der Waals surface area contributed by atoms with Crippen LogP contribution in [0.15, 0.2) is 60.8 Å². The quantitative estimate of drug-likeness (QED) is 0.227. The summed E-state index contributed by atoms with van der Waals surface area (Å²) in [6, 6.07) is 15.1. The number of aromatic nitrogens is 4. The maximum Gasteiger partial charge on any atom is 0.335 e. The number of carboxylic acid groups (broad SMARTS) is 1. The van der Waals surface area contributed by atoms with Crippen molar-refractivity contribution in [3.05, 3.63) is 101 Å². The summed E-state index contributed by atoms with van der Waals surface area (Å²) in [7, 11) is 1.42. The molecule has 12 heteroatoms. The van der Waals surface area contributed by atoms with Crippen molar-refractivity contribution in [3.63, 3.8) is 0 Å². The van der Waals surface area contributed by atoms with Gasteiger partial charge in [0.2, 0.25) is 5.88 Å². The summed E-state index contributed by atoms with van der Waals surface area (Å²) < 4.78 is 49.5. The van der Waals surface area contributed by atoms with E-state index < -0.39 is 17.6 Å². The number of aromatic carboxylic acids is 1. The number of nitrogens with zero attached hydrogens (tertiary/aromatic N) is 5. The number of rotatable bonds is 10. The highest BCUT2D eigenvalue weighted by atomic mass is 19.1. The van der Waals surface area contributed by atoms with Crippen LogP contribution < -0.4 is 9.47 Å². The van der Waals surface area contributed by atoms with E-state index in [2.05, 4.69) is 15.0 Å². The minimum absolute atomic E-state index is 0.0185. The van der Waals surface area contributed by atoms with Crippen molar-refractivity contribution in [2.24, 2.45) is 0 Å². The number of hydrogen-bond donors (Lipinski definition) is 1. The van der Waals surface area contributed by atoms with E-state index in [0.29, 0.717) is 41.3 Å². The summed E-state index contributed by atoms with van der Waals surface area (Å²) >= 11 is 0. The van der Waals surface area contributed by atoms with Crippen LogP contribution in [-0.2, 0) is 24.3 Å². The second-order valence-electron chi connectivity index (χ2n) is 10.2. The summed E-state index contributed by atoms with van der Waals surface area (Å²) in [5, 5.41) is 18.5. The Hall–Kier alpha value is -5.41. The van der Waals surface area contributed by atoms with Gasteiger partial charge in [0, 0.05) is 30.9 Å². The fourth-order valence-corrected chi connectivity index (χ4v) is 4.95. The topological polar surface area (TPSA) is 132 Å². The van der Waals surface area contributed by atoms with Gasteiger partial charge in [-0.2, -0.15) is 5.26 Å². The normalized spacial score (nSPS) is 14.2. The summed E-state index contributed by atoms with van der Waals surface area (Å²) in [4.78, 5) is 24.9. The molecule has 1 saturated heterocycles. The number of imidazole rings is 1. The lowest BCUT2D eigenvalue weighted by Gasteiger charge is -2.27. The van der Waals surface area contributed by atoms with Crippen molar-refractivity contribution in [1.29, 1.82) is 5.26 Å². The molecule has 0 aliphatic carbocycles. The van der Waals surface area contributed by atoms with Crippen molar-refractivity contribution in [1.82, 2.24) is 19.5 Å². The van der Waals surface area contributed by atoms with Crippen molar-refractivity contribution in [3.8, 4) is 29.0 Å². The summed E-state index contributed by atoms with van der Waals surface area (Å²) in [6.07, 6.45) is 2.07. The molecule has 0 unspecified atom stereocenters. The maximum absolute atomic E-state index is 15.6. The van der Waals surface area contributed by atoms with Crippen LogP contribution in [0.3, 0.4) is 0 Å². The number of hydrogen-bond acceptors (Lipinski definition) is 8. The number of carbonyl (C=O) groups is 1. The molecule has 5 aromatic rings. The number of methoxy groups -OCH3 is 1. The standard InChI is InChI=1S/C32H25F2N5O5/c1-42-28-11-20(32(40)41)10-27-31(28)38-29(39(27)16-22-7-8-43-22)12-19-9-25(34)23(13-24(19)33)26-3-2-4-30(37-26)44-17-21-6-5-18(14-35)15-36-21/h2-6,9-11,13,15,22H,7-8,12,16-17H2,1H3,(H,40,41)/t22-/m0/s1. The van der Waals surface area contributed by atoms with Gasteiger partial charge in [-0.05, 0) is 54.4 Å². The molecule has 1 N–H and O–H groups in total. The van der Waals surface area contributed by atoms with Gasteiger partial charge in [0.25, 0.3) is 0 Å². The Balaban J connectivity index is 1.29. The van der Waals surface area contributed by atoms with E-state index in [1.54, 1.807) is 34.9 Å². The van der Waals surface area contributed by atoms with E-state index in [4.69, 9.17) is 19.5 Å². The molecule has 1 aliphatic heterocycles. The number of ether oxygens (including phenoxy) is 3. The molecular formula is C32H25F2N5O5. The molecule has 0 spiro atoms. The second-order valence-corrected chi connectivity index (χ2v) is 10.2. The number of nitriles is 1. The lowest BCUT2D eigenvalue weighted by molar-refractivity contribution is -0.0589. The second kappa shape index (κ2) is 12.1. The van der Waals surface area contributed by atoms with Crippen molar-refractivity contribution in [2.45, 2.75) is 32.1 Å². The average Bonchev–Trinajstić information content (AvgIpc) is 3.35. The predicted octanol–water partition coefficient (Wildman–Crippen LogP) is 5.31. The van der Waals surface area contributed by atoms with Crippen molar-refractivity contribution < 1.29 is 32.9 Å². The van der Waals surface area contributed by atoms with Crippen LogP contribution in [0.5, 0.6) is 11.6 Å². The molecule has 1 atom stereocenters. The van der Waals surface area contributed by atoms with Crippen LogP contribution in [0.1, 0.15) is 39.4 Å². The fraction of sp³-hybridized carbons (Fsp3) is 0.219. The highest BCUT2D eigenvalue weighted by Crippen LogP contribution is 2.32. The van der Waals surface area contributed by atoms with Gasteiger partial charge >= 0.3 is 5.97 Å². The molecule has 0 amide bonds. The number of benzene rings is 2. The Morgan fingerprint density at radius 3 is 2.68 bits per heavy atom. The van der Waals surface area contributed by atoms with Crippen LogP contribution in [0.2, 0.25) is 0 Å². The maximum atomic E-state index is 15.6. The Morgan fingerprint density at radius 2 is 2.00 bits per heavy atom. The van der Waals surface area contributed by atoms with Gasteiger partial charge in [-0.15, -0.1) is 0 Å². The first-order valence-corrected chi connectivity index (χ1v) is 13.7. The zero-order valence-electron chi connectivity index (χ0n) is 23.5. The highest BCUT2D eigenvalue weighted by Gasteiger charge is 2.25. The monoisotopic (exact) mass is 597 g/mol. The molecule has 0 radical (unpaired) electrons. The molecule has 0 saturated carbocycles. The molecule has 44 heavy (non-hydrogen) atoms. The third-order valence-electron chi connectivity index (χ3n) is 7.35. The molecule has 6 rings (SSSR count). The number of carboxylic acids is 1. The lowest BCUT2D eigenvalue weighted by Crippen LogP contribution is -2.31. The van der Waals surface area contributed by atoms with E-state index >= 15 is 8.78 Å². The zero-order chi connectivity index (χ0) is 30.8. The highest BCUT2D eigenvalue weighted by molar-refractivity contribution is 5.95. The van der Waals surface area contributed by atoms with Gasteiger partial charge < -0.3 is 23.9 Å². The largest absolute Gasteiger partial charge is 0.494 e. The Kier molecular flexibility index (Phi) is 7.87. The van der Waals surface area contributed by atoms with Crippen LogP contribution in [0.4, 0.5) is 8.78 Å². The predicted molar refractivity (Wildman–Crippen MR) is 153 cm³/mol. The van der Waals surface area contributed by atoms with Crippen molar-refractivity contribution in [2.75, 3.05) is 13.7 Å². The van der Waals surface area contributed by atoms with Crippen LogP contribution >= 0.6 is 0 Å². The summed E-state index contributed by atoms with van der Waals surface area (Å²) in [6.45, 7) is 1.06. The molecule has 1 fully saturated rings. The van der Waals surface area contributed by atoms with Gasteiger partial charge in [0.1, 0.15) is 41.4 Å². The van der Waals surface area contributed by atoms with E-state index in [9.17, 15) is 9.90 Å². The Labute approximate surface area is 250 Å². The minimum atomic E-state index is -1.13. The van der Waals surface area contributed by atoms with E-state index in [0.717, 1.165) is 18.6 Å². The molecule has 10 nitrogen and oxygen atoms in total. The van der Waals surface area contributed by atoms with E-state index in [-0.39, 0.29) is 53.1 Å². The first-order valence-electron chi connectivity index (χ1n) is 13.7. The first-order chi connectivity index (χ1) is 21.3. The molecule has 0 bridgehead atoms. The van der Waals surface area contributed by atoms with Gasteiger partial charge in [-0.3, -0.25) is 4.98 Å². The minimum Gasteiger partial charge on any atom is -0.494 e. The van der Waals surface area contributed by atoms with Crippen LogP contribution in [0.25, 0.3) is 22.3 Å². The Bertz CT molecular complexity index is 1920. The first kappa shape index (κ1) is 28.7. The zero-order valence-corrected chi connectivity index (χ0v) is 23.5. The SMILES string of the molecule is COc1cc(C(=O)O)cc2c1nc(Cc1cc(F)c(-c3cccc(OCc4ccc(C#N)cn4)n3)cc1F)n2C[C@@H]1CCO1. The smallest absolute Gasteiger partial charge is 0.335 e. The van der Waals surface area contributed by atoms with Gasteiger partial charge in [-0.1, -0.05) is 6.07 Å². The average molecular weight is 598 g/mol.